The van der Waals surface area contributed by atoms with Crippen molar-refractivity contribution in [2.24, 2.45) is 0 Å². The van der Waals surface area contributed by atoms with E-state index in [0.29, 0.717) is 0 Å². The lowest BCUT2D eigenvalue weighted by Gasteiger charge is -2.16. The van der Waals surface area contributed by atoms with Crippen LogP contribution >= 0.6 is 0 Å². The summed E-state index contributed by atoms with van der Waals surface area (Å²) < 4.78 is 0. The van der Waals surface area contributed by atoms with Gasteiger partial charge in [0.25, 0.3) is 0 Å². The van der Waals surface area contributed by atoms with Gasteiger partial charge in [0.05, 0.1) is 0 Å². The first-order chi connectivity index (χ1) is 8.50. The van der Waals surface area contributed by atoms with Crippen LogP contribution in [0.5, 0.6) is 0 Å². The van der Waals surface area contributed by atoms with Gasteiger partial charge in [-0.15, -0.1) is 0 Å². The molecular formula is C18H22. The molecule has 0 spiro atoms. The Bertz CT molecular complexity index is 566. The van der Waals surface area contributed by atoms with Gasteiger partial charge in [-0.2, -0.15) is 0 Å². The van der Waals surface area contributed by atoms with E-state index >= 15 is 0 Å². The lowest BCUT2D eigenvalue weighted by atomic mass is 9.89. The molecule has 2 rings (SSSR count). The maximum atomic E-state index is 2.33. The SMILES string of the molecule is CC1=CCC=C(C)C(c2cc(C)ccc2C)=C1C. The van der Waals surface area contributed by atoms with Crippen molar-refractivity contribution in [2.75, 3.05) is 0 Å². The second kappa shape index (κ2) is 4.97. The Morgan fingerprint density at radius 3 is 2.22 bits per heavy atom. The van der Waals surface area contributed by atoms with Crippen molar-refractivity contribution < 1.29 is 0 Å². The molecule has 0 saturated carbocycles. The number of aryl methyl sites for hydroxylation is 2. The Labute approximate surface area is 111 Å². The zero-order valence-electron chi connectivity index (χ0n) is 12.1. The highest BCUT2D eigenvalue weighted by atomic mass is 14.2. The normalized spacial score (nSPS) is 16.3. The molecule has 0 heteroatoms. The summed E-state index contributed by atoms with van der Waals surface area (Å²) in [6, 6.07) is 6.72. The van der Waals surface area contributed by atoms with Crippen LogP contribution in [-0.4, -0.2) is 0 Å². The predicted molar refractivity (Wildman–Crippen MR) is 80.6 cm³/mol. The zero-order chi connectivity index (χ0) is 13.3. The van der Waals surface area contributed by atoms with Crippen LogP contribution in [0.3, 0.4) is 0 Å². The standard InChI is InChI=1S/C18H22/c1-12-9-10-14(3)17(11-12)18-15(4)8-6-7-13(2)16(18)5/h7-11H,6H2,1-5H3. The Morgan fingerprint density at radius 1 is 0.833 bits per heavy atom. The number of rotatable bonds is 1. The lowest BCUT2D eigenvalue weighted by molar-refractivity contribution is 1.29. The number of allylic oxidation sites excluding steroid dienone is 6. The molecule has 0 aromatic heterocycles. The fourth-order valence-electron chi connectivity index (χ4n) is 2.58. The maximum Gasteiger partial charge on any atom is -0.0123 e. The molecule has 0 radical (unpaired) electrons. The first-order valence-corrected chi connectivity index (χ1v) is 6.63. The molecule has 0 saturated heterocycles. The molecule has 0 aliphatic heterocycles. The van der Waals surface area contributed by atoms with E-state index < -0.39 is 0 Å². The van der Waals surface area contributed by atoms with Gasteiger partial charge >= 0.3 is 0 Å². The minimum Gasteiger partial charge on any atom is -0.0775 e. The van der Waals surface area contributed by atoms with Crippen molar-refractivity contribution in [3.05, 3.63) is 63.8 Å². The van der Waals surface area contributed by atoms with Gasteiger partial charge in [-0.05, 0) is 68.9 Å². The Hall–Kier alpha value is -1.56. The Balaban J connectivity index is 2.70. The fraction of sp³-hybridized carbons (Fsp3) is 0.333. The molecule has 1 aliphatic rings. The molecule has 0 heterocycles. The van der Waals surface area contributed by atoms with Crippen molar-refractivity contribution >= 4 is 5.57 Å². The van der Waals surface area contributed by atoms with Crippen LogP contribution in [-0.2, 0) is 0 Å². The summed E-state index contributed by atoms with van der Waals surface area (Å²) in [5.41, 5.74) is 9.70. The van der Waals surface area contributed by atoms with Gasteiger partial charge in [-0.25, -0.2) is 0 Å². The lowest BCUT2D eigenvalue weighted by Crippen LogP contribution is -1.95. The molecule has 0 unspecified atom stereocenters. The smallest absolute Gasteiger partial charge is 0.0123 e. The summed E-state index contributed by atoms with van der Waals surface area (Å²) in [4.78, 5) is 0. The molecule has 0 nitrogen and oxygen atoms in total. The molecule has 0 atom stereocenters. The van der Waals surface area contributed by atoms with Crippen molar-refractivity contribution in [2.45, 2.75) is 41.0 Å². The van der Waals surface area contributed by atoms with Gasteiger partial charge < -0.3 is 0 Å². The minimum atomic E-state index is 1.05. The predicted octanol–water partition coefficient (Wildman–Crippen LogP) is 5.37. The topological polar surface area (TPSA) is 0 Å². The van der Waals surface area contributed by atoms with Gasteiger partial charge in [-0.1, -0.05) is 41.5 Å². The molecule has 94 valence electrons. The summed E-state index contributed by atoms with van der Waals surface area (Å²) in [6.07, 6.45) is 5.69. The summed E-state index contributed by atoms with van der Waals surface area (Å²) in [7, 11) is 0. The first-order valence-electron chi connectivity index (χ1n) is 6.63. The van der Waals surface area contributed by atoms with E-state index in [4.69, 9.17) is 0 Å². The quantitative estimate of drug-likeness (QED) is 0.616. The largest absolute Gasteiger partial charge is 0.0775 e. The van der Waals surface area contributed by atoms with Crippen LogP contribution in [0.25, 0.3) is 5.57 Å². The molecular weight excluding hydrogens is 216 g/mol. The van der Waals surface area contributed by atoms with Crippen LogP contribution in [0, 0.1) is 13.8 Å². The summed E-state index contributed by atoms with van der Waals surface area (Å²) in [5.74, 6) is 0. The summed E-state index contributed by atoms with van der Waals surface area (Å²) in [5, 5.41) is 0. The second-order valence-corrected chi connectivity index (χ2v) is 5.33. The molecule has 0 bridgehead atoms. The van der Waals surface area contributed by atoms with E-state index in [2.05, 4.69) is 65.0 Å². The van der Waals surface area contributed by atoms with Crippen LogP contribution in [0.15, 0.2) is 47.1 Å². The molecule has 1 aromatic carbocycles. The van der Waals surface area contributed by atoms with Gasteiger partial charge in [0.2, 0.25) is 0 Å². The third kappa shape index (κ3) is 2.33. The van der Waals surface area contributed by atoms with Crippen molar-refractivity contribution in [3.8, 4) is 0 Å². The van der Waals surface area contributed by atoms with Crippen LogP contribution in [0.2, 0.25) is 0 Å². The van der Waals surface area contributed by atoms with E-state index in [-0.39, 0.29) is 0 Å². The Kier molecular flexibility index (Phi) is 3.56. The third-order valence-corrected chi connectivity index (χ3v) is 3.87. The summed E-state index contributed by atoms with van der Waals surface area (Å²) in [6.45, 7) is 11.1. The zero-order valence-corrected chi connectivity index (χ0v) is 12.1. The van der Waals surface area contributed by atoms with E-state index in [9.17, 15) is 0 Å². The van der Waals surface area contributed by atoms with Gasteiger partial charge in [-0.3, -0.25) is 0 Å². The highest BCUT2D eigenvalue weighted by molar-refractivity contribution is 5.85. The molecule has 1 aromatic rings. The van der Waals surface area contributed by atoms with Crippen molar-refractivity contribution in [3.63, 3.8) is 0 Å². The molecule has 1 aliphatic carbocycles. The monoisotopic (exact) mass is 238 g/mol. The molecule has 0 N–H and O–H groups in total. The number of benzene rings is 1. The van der Waals surface area contributed by atoms with Crippen molar-refractivity contribution in [1.29, 1.82) is 0 Å². The average Bonchev–Trinajstić information content (AvgIpc) is 2.44. The molecule has 0 fully saturated rings. The highest BCUT2D eigenvalue weighted by Gasteiger charge is 2.13. The van der Waals surface area contributed by atoms with E-state index in [1.165, 1.54) is 39.0 Å². The number of hydrogen-bond acceptors (Lipinski definition) is 0. The van der Waals surface area contributed by atoms with Crippen LogP contribution in [0.4, 0.5) is 0 Å². The van der Waals surface area contributed by atoms with E-state index in [1.54, 1.807) is 0 Å². The first kappa shape index (κ1) is 12.9. The third-order valence-electron chi connectivity index (χ3n) is 3.87. The maximum absolute atomic E-state index is 2.33. The van der Waals surface area contributed by atoms with Gasteiger partial charge in [0, 0.05) is 0 Å². The van der Waals surface area contributed by atoms with Crippen LogP contribution < -0.4 is 0 Å². The van der Waals surface area contributed by atoms with Gasteiger partial charge in [0.15, 0.2) is 0 Å². The van der Waals surface area contributed by atoms with Gasteiger partial charge in [0.1, 0.15) is 0 Å². The van der Waals surface area contributed by atoms with Crippen molar-refractivity contribution in [1.82, 2.24) is 0 Å². The van der Waals surface area contributed by atoms with Crippen LogP contribution in [0.1, 0.15) is 43.9 Å². The molecule has 18 heavy (non-hydrogen) atoms. The minimum absolute atomic E-state index is 1.05. The molecule has 0 amide bonds. The number of hydrogen-bond donors (Lipinski definition) is 0. The summed E-state index contributed by atoms with van der Waals surface area (Å²) >= 11 is 0. The van der Waals surface area contributed by atoms with E-state index in [1.807, 2.05) is 0 Å². The van der Waals surface area contributed by atoms with E-state index in [0.717, 1.165) is 6.42 Å². The fourth-order valence-corrected chi connectivity index (χ4v) is 2.58. The second-order valence-electron chi connectivity index (χ2n) is 5.33. The Morgan fingerprint density at radius 2 is 1.50 bits per heavy atom. The average molecular weight is 238 g/mol. The highest BCUT2D eigenvalue weighted by Crippen LogP contribution is 2.34.